The van der Waals surface area contributed by atoms with Gasteiger partial charge in [0.15, 0.2) is 0 Å². The molecule has 1 heterocycles. The van der Waals surface area contributed by atoms with Gasteiger partial charge in [-0.25, -0.2) is 4.79 Å². The topological polar surface area (TPSA) is 123 Å². The minimum atomic E-state index is -0.388. The van der Waals surface area contributed by atoms with E-state index in [0.717, 1.165) is 31.4 Å². The molecule has 0 radical (unpaired) electrons. The van der Waals surface area contributed by atoms with Crippen LogP contribution in [0.2, 0.25) is 0 Å². The predicted octanol–water partition coefficient (Wildman–Crippen LogP) is 1.33. The fraction of sp³-hybridized carbons (Fsp3) is 0.833. The zero-order chi connectivity index (χ0) is 24.9. The molecule has 1 aromatic heterocycles. The van der Waals surface area contributed by atoms with E-state index in [2.05, 4.69) is 15.6 Å². The van der Waals surface area contributed by atoms with E-state index in [-0.39, 0.29) is 11.9 Å². The first-order valence-electron chi connectivity index (χ1n) is 12.6. The van der Waals surface area contributed by atoms with Gasteiger partial charge in [-0.1, -0.05) is 5.21 Å². The highest BCUT2D eigenvalue weighted by Crippen LogP contribution is 2.52. The molecular formula is C24H40N4O7. The van der Waals surface area contributed by atoms with E-state index in [1.165, 1.54) is 5.69 Å². The van der Waals surface area contributed by atoms with Crippen LogP contribution in [0.15, 0.2) is 0 Å². The molecule has 2 aliphatic rings. The number of nitrogens with one attached hydrogen (secondary N) is 1. The standard InChI is InChI=1S/C24H40N4O7/c1-18(29)7-9-31-11-13-33-15-16-34-14-12-32-10-8-25-24(30)35-17-21-19-3-5-22-23(6-4-20(19)21)28(2)27-26-22/h19-21H,3-17H2,1-2H3,(H,25,30). The summed E-state index contributed by atoms with van der Waals surface area (Å²) in [6.07, 6.45) is 4.19. The highest BCUT2D eigenvalue weighted by molar-refractivity contribution is 5.75. The number of nitrogens with zero attached hydrogens (tertiary/aromatic N) is 3. The van der Waals surface area contributed by atoms with Crippen LogP contribution in [0, 0.1) is 17.8 Å². The first kappa shape index (κ1) is 27.5. The number of fused-ring (bicyclic) bond motifs is 2. The maximum Gasteiger partial charge on any atom is 0.407 e. The normalized spacial score (nSPS) is 20.9. The van der Waals surface area contributed by atoms with Gasteiger partial charge in [-0.05, 0) is 50.4 Å². The largest absolute Gasteiger partial charge is 0.449 e. The lowest BCUT2D eigenvalue weighted by Gasteiger charge is -2.09. The highest BCUT2D eigenvalue weighted by atomic mass is 16.6. The average Bonchev–Trinajstić information content (AvgIpc) is 3.36. The Morgan fingerprint density at radius 1 is 0.914 bits per heavy atom. The van der Waals surface area contributed by atoms with Gasteiger partial charge >= 0.3 is 6.09 Å². The van der Waals surface area contributed by atoms with Crippen LogP contribution in [0.5, 0.6) is 0 Å². The fourth-order valence-electron chi connectivity index (χ4n) is 4.58. The molecule has 3 atom stereocenters. The molecule has 1 aromatic rings. The minimum absolute atomic E-state index is 0.123. The number of hydrogen-bond donors (Lipinski definition) is 1. The van der Waals surface area contributed by atoms with E-state index >= 15 is 0 Å². The number of aromatic nitrogens is 3. The summed E-state index contributed by atoms with van der Waals surface area (Å²) in [5, 5.41) is 11.2. The molecule has 1 amide bonds. The molecule has 198 valence electrons. The number of rotatable bonds is 17. The average molecular weight is 497 g/mol. The molecule has 1 saturated carbocycles. The van der Waals surface area contributed by atoms with Crippen molar-refractivity contribution >= 4 is 11.9 Å². The molecule has 11 heteroatoms. The molecule has 0 spiro atoms. The van der Waals surface area contributed by atoms with Gasteiger partial charge in [-0.3, -0.25) is 9.48 Å². The first-order valence-corrected chi connectivity index (χ1v) is 12.6. The minimum Gasteiger partial charge on any atom is -0.449 e. The Morgan fingerprint density at radius 3 is 2.17 bits per heavy atom. The molecule has 0 bridgehead atoms. The van der Waals surface area contributed by atoms with Crippen molar-refractivity contribution in [3.05, 3.63) is 11.4 Å². The summed E-state index contributed by atoms with van der Waals surface area (Å²) in [5.41, 5.74) is 2.37. The van der Waals surface area contributed by atoms with Crippen molar-refractivity contribution in [2.24, 2.45) is 24.8 Å². The van der Waals surface area contributed by atoms with E-state index in [1.54, 1.807) is 6.92 Å². The second kappa shape index (κ2) is 15.1. The molecule has 3 rings (SSSR count). The van der Waals surface area contributed by atoms with Gasteiger partial charge in [0.25, 0.3) is 0 Å². The number of amides is 1. The number of alkyl carbamates (subject to hydrolysis) is 1. The molecule has 0 aliphatic heterocycles. The fourth-order valence-corrected chi connectivity index (χ4v) is 4.58. The monoisotopic (exact) mass is 496 g/mol. The maximum atomic E-state index is 12.0. The molecule has 1 fully saturated rings. The Balaban J connectivity index is 1.08. The third-order valence-corrected chi connectivity index (χ3v) is 6.60. The third-order valence-electron chi connectivity index (χ3n) is 6.60. The number of ether oxygens (including phenoxy) is 5. The van der Waals surface area contributed by atoms with Crippen LogP contribution < -0.4 is 5.32 Å². The van der Waals surface area contributed by atoms with Gasteiger partial charge in [-0.2, -0.15) is 0 Å². The third kappa shape index (κ3) is 9.83. The molecular weight excluding hydrogens is 456 g/mol. The quantitative estimate of drug-likeness (QED) is 0.318. The second-order valence-electron chi connectivity index (χ2n) is 9.10. The molecule has 35 heavy (non-hydrogen) atoms. The molecule has 0 aromatic carbocycles. The van der Waals surface area contributed by atoms with Crippen molar-refractivity contribution in [1.29, 1.82) is 0 Å². The zero-order valence-electron chi connectivity index (χ0n) is 21.0. The summed E-state index contributed by atoms with van der Waals surface area (Å²) in [5.74, 6) is 1.83. The molecule has 3 unspecified atom stereocenters. The van der Waals surface area contributed by atoms with Gasteiger partial charge < -0.3 is 29.0 Å². The number of carbonyl (C=O) groups excluding carboxylic acids is 2. The molecule has 11 nitrogen and oxygen atoms in total. The lowest BCUT2D eigenvalue weighted by Crippen LogP contribution is -2.29. The Morgan fingerprint density at radius 2 is 1.51 bits per heavy atom. The Kier molecular flexibility index (Phi) is 11.9. The molecule has 1 N–H and O–H groups in total. The smallest absolute Gasteiger partial charge is 0.407 e. The van der Waals surface area contributed by atoms with Crippen LogP contribution in [0.4, 0.5) is 4.79 Å². The van der Waals surface area contributed by atoms with Crippen LogP contribution in [0.3, 0.4) is 0 Å². The van der Waals surface area contributed by atoms with Crippen LogP contribution in [0.1, 0.15) is 37.6 Å². The van der Waals surface area contributed by atoms with E-state index in [9.17, 15) is 9.59 Å². The van der Waals surface area contributed by atoms with Crippen LogP contribution in [-0.4, -0.2) is 92.9 Å². The van der Waals surface area contributed by atoms with Crippen molar-refractivity contribution in [1.82, 2.24) is 20.3 Å². The van der Waals surface area contributed by atoms with Crippen LogP contribution >= 0.6 is 0 Å². The predicted molar refractivity (Wildman–Crippen MR) is 126 cm³/mol. The number of Topliss-reactive ketones (excluding diaryl/α,β-unsaturated/α-hetero) is 1. The number of ketones is 1. The SMILES string of the molecule is CC(=O)CCOCCOCCOCCOCCNC(=O)OCC1C2CCc3nnn(C)c3CCC21. The summed E-state index contributed by atoms with van der Waals surface area (Å²) in [4.78, 5) is 22.7. The van der Waals surface area contributed by atoms with Crippen molar-refractivity contribution in [2.45, 2.75) is 39.0 Å². The van der Waals surface area contributed by atoms with Crippen LogP contribution in [-0.2, 0) is 48.4 Å². The van der Waals surface area contributed by atoms with Crippen molar-refractivity contribution in [3.8, 4) is 0 Å². The molecule has 0 saturated heterocycles. The van der Waals surface area contributed by atoms with Gasteiger partial charge in [0.2, 0.25) is 0 Å². The summed E-state index contributed by atoms with van der Waals surface area (Å²) in [7, 11) is 1.95. The van der Waals surface area contributed by atoms with Gasteiger partial charge in [0.05, 0.1) is 70.8 Å². The summed E-state index contributed by atoms with van der Waals surface area (Å²) in [6, 6.07) is 0. The zero-order valence-corrected chi connectivity index (χ0v) is 21.0. The summed E-state index contributed by atoms with van der Waals surface area (Å²) in [6.45, 7) is 6.07. The Bertz CT molecular complexity index is 788. The van der Waals surface area contributed by atoms with Gasteiger partial charge in [0.1, 0.15) is 5.78 Å². The van der Waals surface area contributed by atoms with Gasteiger partial charge in [0, 0.05) is 20.0 Å². The van der Waals surface area contributed by atoms with Gasteiger partial charge in [-0.15, -0.1) is 5.10 Å². The van der Waals surface area contributed by atoms with Crippen molar-refractivity contribution in [2.75, 3.05) is 66.0 Å². The van der Waals surface area contributed by atoms with E-state index in [0.29, 0.717) is 90.2 Å². The maximum absolute atomic E-state index is 12.0. The van der Waals surface area contributed by atoms with Crippen LogP contribution in [0.25, 0.3) is 0 Å². The number of carbonyl (C=O) groups is 2. The first-order chi connectivity index (χ1) is 17.1. The number of aryl methyl sites for hydroxylation is 2. The Labute approximate surface area is 207 Å². The van der Waals surface area contributed by atoms with E-state index in [4.69, 9.17) is 23.7 Å². The summed E-state index contributed by atoms with van der Waals surface area (Å²) < 4.78 is 28.8. The van der Waals surface area contributed by atoms with Crippen molar-refractivity contribution in [3.63, 3.8) is 0 Å². The molecule has 2 aliphatic carbocycles. The lowest BCUT2D eigenvalue weighted by atomic mass is 10.0. The van der Waals surface area contributed by atoms with Crippen molar-refractivity contribution < 1.29 is 33.3 Å². The second-order valence-corrected chi connectivity index (χ2v) is 9.10. The number of hydrogen-bond acceptors (Lipinski definition) is 9. The Hall–Kier alpha value is -2.08. The summed E-state index contributed by atoms with van der Waals surface area (Å²) >= 11 is 0. The van der Waals surface area contributed by atoms with E-state index in [1.807, 2.05) is 11.7 Å². The van der Waals surface area contributed by atoms with E-state index < -0.39 is 0 Å². The highest BCUT2D eigenvalue weighted by Gasteiger charge is 2.50. The lowest BCUT2D eigenvalue weighted by molar-refractivity contribution is -0.118.